The largest absolute Gasteiger partial charge is 0.465 e. The summed E-state index contributed by atoms with van der Waals surface area (Å²) in [6, 6.07) is 7.05. The first kappa shape index (κ1) is 15.7. The second-order valence-electron chi connectivity index (χ2n) is 6.34. The van der Waals surface area contributed by atoms with Gasteiger partial charge >= 0.3 is 5.97 Å². The summed E-state index contributed by atoms with van der Waals surface area (Å²) in [6.07, 6.45) is 4.18. The highest BCUT2D eigenvalue weighted by molar-refractivity contribution is 5.95. The fourth-order valence-corrected chi connectivity index (χ4v) is 3.37. The van der Waals surface area contributed by atoms with Crippen LogP contribution in [0.3, 0.4) is 0 Å². The number of fused-ring (bicyclic) bond motifs is 1. The Labute approximate surface area is 135 Å². The van der Waals surface area contributed by atoms with Gasteiger partial charge in [-0.15, -0.1) is 0 Å². The van der Waals surface area contributed by atoms with Crippen LogP contribution in [0.15, 0.2) is 35.3 Å². The Hall–Kier alpha value is -2.14. The third kappa shape index (κ3) is 3.29. The number of methoxy groups -OCH3 is 1. The summed E-state index contributed by atoms with van der Waals surface area (Å²) < 4.78 is 6.51. The maximum absolute atomic E-state index is 12.7. The molecular formula is C18H22N2O3. The van der Waals surface area contributed by atoms with Crippen molar-refractivity contribution < 1.29 is 9.53 Å². The summed E-state index contributed by atoms with van der Waals surface area (Å²) in [5.41, 5.74) is 0.369. The first-order valence-corrected chi connectivity index (χ1v) is 7.98. The average molecular weight is 314 g/mol. The van der Waals surface area contributed by atoms with E-state index in [4.69, 9.17) is 4.74 Å². The van der Waals surface area contributed by atoms with E-state index < -0.39 is 5.97 Å². The lowest BCUT2D eigenvalue weighted by molar-refractivity contribution is 0.0601. The molecule has 0 aliphatic carbocycles. The highest BCUT2D eigenvalue weighted by Gasteiger charge is 2.18. The zero-order valence-electron chi connectivity index (χ0n) is 13.6. The van der Waals surface area contributed by atoms with Crippen molar-refractivity contribution in [2.75, 3.05) is 27.2 Å². The van der Waals surface area contributed by atoms with Gasteiger partial charge in [-0.2, -0.15) is 0 Å². The number of piperidine rings is 1. The van der Waals surface area contributed by atoms with E-state index in [0.717, 1.165) is 31.4 Å². The molecule has 2 heterocycles. The SMILES string of the molecule is COC(=O)c1ccc2ccn(C[C@H]3CCCN(C)C3)c(=O)c2c1. The van der Waals surface area contributed by atoms with Crippen LogP contribution in [0.4, 0.5) is 0 Å². The summed E-state index contributed by atoms with van der Waals surface area (Å²) in [4.78, 5) is 26.7. The van der Waals surface area contributed by atoms with E-state index in [-0.39, 0.29) is 5.56 Å². The van der Waals surface area contributed by atoms with Crippen molar-refractivity contribution in [2.45, 2.75) is 19.4 Å². The van der Waals surface area contributed by atoms with E-state index in [1.165, 1.54) is 13.5 Å². The number of benzene rings is 1. The Morgan fingerprint density at radius 2 is 2.17 bits per heavy atom. The van der Waals surface area contributed by atoms with Gasteiger partial charge in [-0.05, 0) is 55.9 Å². The number of likely N-dealkylation sites (tertiary alicyclic amines) is 1. The molecule has 1 aliphatic heterocycles. The molecule has 2 aromatic rings. The third-order valence-corrected chi connectivity index (χ3v) is 4.58. The van der Waals surface area contributed by atoms with Crippen LogP contribution in [0.25, 0.3) is 10.8 Å². The van der Waals surface area contributed by atoms with E-state index in [1.807, 2.05) is 12.3 Å². The van der Waals surface area contributed by atoms with Crippen LogP contribution in [0.5, 0.6) is 0 Å². The molecule has 0 radical (unpaired) electrons. The van der Waals surface area contributed by atoms with Gasteiger partial charge in [0.1, 0.15) is 0 Å². The van der Waals surface area contributed by atoms with Gasteiger partial charge in [-0.1, -0.05) is 6.07 Å². The number of hydrogen-bond donors (Lipinski definition) is 0. The van der Waals surface area contributed by atoms with Crippen LogP contribution in [0.1, 0.15) is 23.2 Å². The summed E-state index contributed by atoms with van der Waals surface area (Å²) in [7, 11) is 3.47. The highest BCUT2D eigenvalue weighted by atomic mass is 16.5. The number of pyridine rings is 1. The lowest BCUT2D eigenvalue weighted by Crippen LogP contribution is -2.36. The van der Waals surface area contributed by atoms with E-state index in [9.17, 15) is 9.59 Å². The molecule has 1 aromatic carbocycles. The summed E-state index contributed by atoms with van der Waals surface area (Å²) in [6.45, 7) is 2.87. The Morgan fingerprint density at radius 3 is 2.91 bits per heavy atom. The van der Waals surface area contributed by atoms with Crippen LogP contribution in [0, 0.1) is 5.92 Å². The van der Waals surface area contributed by atoms with Crippen LogP contribution in [-0.2, 0) is 11.3 Å². The van der Waals surface area contributed by atoms with Crippen molar-refractivity contribution in [3.05, 3.63) is 46.4 Å². The molecule has 0 N–H and O–H groups in total. The van der Waals surface area contributed by atoms with Gasteiger partial charge in [0.15, 0.2) is 0 Å². The fourth-order valence-electron chi connectivity index (χ4n) is 3.37. The van der Waals surface area contributed by atoms with Crippen molar-refractivity contribution in [3.63, 3.8) is 0 Å². The number of hydrogen-bond acceptors (Lipinski definition) is 4. The zero-order valence-corrected chi connectivity index (χ0v) is 13.6. The van der Waals surface area contributed by atoms with Crippen molar-refractivity contribution >= 4 is 16.7 Å². The smallest absolute Gasteiger partial charge is 0.337 e. The predicted molar refractivity (Wildman–Crippen MR) is 89.8 cm³/mol. The Balaban J connectivity index is 1.93. The summed E-state index contributed by atoms with van der Waals surface area (Å²) >= 11 is 0. The maximum Gasteiger partial charge on any atom is 0.337 e. The minimum atomic E-state index is -0.421. The standard InChI is InChI=1S/C18H22N2O3/c1-19-8-3-4-13(11-19)12-20-9-7-14-5-6-15(18(22)23-2)10-16(14)17(20)21/h5-7,9-10,13H,3-4,8,11-12H2,1-2H3/t13-/m0/s1. The summed E-state index contributed by atoms with van der Waals surface area (Å²) in [5, 5.41) is 1.42. The maximum atomic E-state index is 12.7. The van der Waals surface area contributed by atoms with Gasteiger partial charge < -0.3 is 14.2 Å². The van der Waals surface area contributed by atoms with E-state index in [1.54, 1.807) is 22.8 Å². The van der Waals surface area contributed by atoms with Crippen molar-refractivity contribution in [2.24, 2.45) is 5.92 Å². The molecule has 1 atom stereocenters. The number of ether oxygens (including phenoxy) is 1. The molecule has 1 fully saturated rings. The van der Waals surface area contributed by atoms with Gasteiger partial charge in [-0.3, -0.25) is 4.79 Å². The zero-order chi connectivity index (χ0) is 16.4. The van der Waals surface area contributed by atoms with Gasteiger partial charge in [-0.25, -0.2) is 4.79 Å². The predicted octanol–water partition coefficient (Wildman–Crippen LogP) is 2.13. The van der Waals surface area contributed by atoms with E-state index in [2.05, 4.69) is 11.9 Å². The van der Waals surface area contributed by atoms with Crippen molar-refractivity contribution in [3.8, 4) is 0 Å². The highest BCUT2D eigenvalue weighted by Crippen LogP contribution is 2.18. The minimum Gasteiger partial charge on any atom is -0.465 e. The Bertz CT molecular complexity index is 781. The molecule has 122 valence electrons. The molecule has 5 heteroatoms. The van der Waals surface area contributed by atoms with Gasteiger partial charge in [0.05, 0.1) is 12.7 Å². The van der Waals surface area contributed by atoms with Crippen LogP contribution in [-0.4, -0.2) is 42.7 Å². The quantitative estimate of drug-likeness (QED) is 0.815. The average Bonchev–Trinajstić information content (AvgIpc) is 2.56. The number of rotatable bonds is 3. The lowest BCUT2D eigenvalue weighted by Gasteiger charge is -2.30. The fraction of sp³-hybridized carbons (Fsp3) is 0.444. The van der Waals surface area contributed by atoms with Crippen molar-refractivity contribution in [1.82, 2.24) is 9.47 Å². The van der Waals surface area contributed by atoms with E-state index in [0.29, 0.717) is 16.9 Å². The minimum absolute atomic E-state index is 0.0403. The molecule has 0 bridgehead atoms. The molecule has 1 saturated heterocycles. The van der Waals surface area contributed by atoms with Crippen LogP contribution >= 0.6 is 0 Å². The van der Waals surface area contributed by atoms with Gasteiger partial charge in [0.2, 0.25) is 0 Å². The number of nitrogens with zero attached hydrogens (tertiary/aromatic N) is 2. The number of aromatic nitrogens is 1. The molecule has 5 nitrogen and oxygen atoms in total. The van der Waals surface area contributed by atoms with Crippen molar-refractivity contribution in [1.29, 1.82) is 0 Å². The van der Waals surface area contributed by atoms with Crippen LogP contribution < -0.4 is 5.56 Å². The molecule has 1 aliphatic rings. The topological polar surface area (TPSA) is 51.5 Å². The molecule has 0 spiro atoms. The van der Waals surface area contributed by atoms with Crippen LogP contribution in [0.2, 0.25) is 0 Å². The third-order valence-electron chi connectivity index (χ3n) is 4.58. The lowest BCUT2D eigenvalue weighted by atomic mass is 9.98. The number of carbonyl (C=O) groups excluding carboxylic acids is 1. The Kier molecular flexibility index (Phi) is 4.48. The number of esters is 1. The Morgan fingerprint density at radius 1 is 1.35 bits per heavy atom. The second kappa shape index (κ2) is 6.54. The number of carbonyl (C=O) groups is 1. The molecule has 23 heavy (non-hydrogen) atoms. The molecule has 0 amide bonds. The molecule has 0 unspecified atom stereocenters. The summed E-state index contributed by atoms with van der Waals surface area (Å²) in [5.74, 6) is 0.0725. The molecule has 1 aromatic heterocycles. The molecule has 3 rings (SSSR count). The first-order valence-electron chi connectivity index (χ1n) is 7.98. The van der Waals surface area contributed by atoms with Gasteiger partial charge in [0, 0.05) is 24.7 Å². The molecule has 0 saturated carbocycles. The normalized spacial score (nSPS) is 19.0. The van der Waals surface area contributed by atoms with E-state index >= 15 is 0 Å². The second-order valence-corrected chi connectivity index (χ2v) is 6.34. The monoisotopic (exact) mass is 314 g/mol. The molecular weight excluding hydrogens is 292 g/mol. The first-order chi connectivity index (χ1) is 11.1. The van der Waals surface area contributed by atoms with Gasteiger partial charge in [0.25, 0.3) is 5.56 Å².